The number of nitrogens with zero attached hydrogens (tertiary/aromatic N) is 5. The lowest BCUT2D eigenvalue weighted by molar-refractivity contribution is -0.144. The van der Waals surface area contributed by atoms with Crippen LogP contribution in [0.15, 0.2) is 28.9 Å². The number of rotatable bonds is 5. The molecule has 3 heterocycles. The summed E-state index contributed by atoms with van der Waals surface area (Å²) in [6.07, 6.45) is 4.17. The van der Waals surface area contributed by atoms with Gasteiger partial charge in [0.05, 0.1) is 11.5 Å². The molecule has 9 nitrogen and oxygen atoms in total. The molecule has 1 aromatic carbocycles. The van der Waals surface area contributed by atoms with Crippen LogP contribution in [0.4, 0.5) is 20.7 Å². The standard InChI is InChI=1S/C20H18F2N6O3/c1-9-14(18(29)30)8-28(9)20-27-26-17(31-20)12-6-23-19(24-7-12)25-13-2-10-4-15(21)16(22)5-11(10)3-13/h4-7,9,13-14H,2-3,8H2,1H3,(H,29,30)(H,23,24,25). The number of hydrogen-bond acceptors (Lipinski definition) is 8. The van der Waals surface area contributed by atoms with Crippen LogP contribution in [-0.2, 0) is 17.6 Å². The van der Waals surface area contributed by atoms with Crippen LogP contribution in [-0.4, -0.2) is 49.9 Å². The van der Waals surface area contributed by atoms with Crippen molar-refractivity contribution in [2.45, 2.75) is 31.8 Å². The summed E-state index contributed by atoms with van der Waals surface area (Å²) in [6.45, 7) is 2.11. The predicted octanol–water partition coefficient (Wildman–Crippen LogP) is 2.29. The van der Waals surface area contributed by atoms with Gasteiger partial charge in [-0.1, -0.05) is 5.10 Å². The molecule has 0 amide bonds. The second-order valence-corrected chi connectivity index (χ2v) is 7.81. The minimum absolute atomic E-state index is 0.0628. The van der Waals surface area contributed by atoms with Crippen LogP contribution < -0.4 is 10.2 Å². The van der Waals surface area contributed by atoms with E-state index in [1.54, 1.807) is 11.8 Å². The van der Waals surface area contributed by atoms with Gasteiger partial charge in [0, 0.05) is 31.0 Å². The van der Waals surface area contributed by atoms with Crippen molar-refractivity contribution in [1.29, 1.82) is 0 Å². The topological polar surface area (TPSA) is 117 Å². The zero-order chi connectivity index (χ0) is 21.7. The average Bonchev–Trinajstić information content (AvgIpc) is 3.34. The first-order chi connectivity index (χ1) is 14.9. The van der Waals surface area contributed by atoms with Gasteiger partial charge in [0.15, 0.2) is 11.6 Å². The number of anilines is 2. The Kier molecular flexibility index (Phi) is 4.53. The van der Waals surface area contributed by atoms with Gasteiger partial charge in [-0.15, -0.1) is 5.10 Å². The molecule has 31 heavy (non-hydrogen) atoms. The Morgan fingerprint density at radius 2 is 1.81 bits per heavy atom. The molecular formula is C20H18F2N6O3. The molecule has 2 unspecified atom stereocenters. The number of carbonyl (C=O) groups is 1. The first kappa shape index (κ1) is 19.3. The third kappa shape index (κ3) is 3.45. The van der Waals surface area contributed by atoms with E-state index in [0.29, 0.717) is 30.9 Å². The molecule has 0 radical (unpaired) electrons. The van der Waals surface area contributed by atoms with Gasteiger partial charge in [0.2, 0.25) is 5.95 Å². The number of aromatic nitrogens is 4. The summed E-state index contributed by atoms with van der Waals surface area (Å²) >= 11 is 0. The second-order valence-electron chi connectivity index (χ2n) is 7.81. The predicted molar refractivity (Wildman–Crippen MR) is 104 cm³/mol. The van der Waals surface area contributed by atoms with E-state index in [0.717, 1.165) is 11.1 Å². The highest BCUT2D eigenvalue weighted by Crippen LogP contribution is 2.32. The molecule has 1 aliphatic heterocycles. The summed E-state index contributed by atoms with van der Waals surface area (Å²) in [7, 11) is 0. The fourth-order valence-electron chi connectivity index (χ4n) is 4.00. The van der Waals surface area contributed by atoms with Crippen LogP contribution in [0.1, 0.15) is 18.1 Å². The number of fused-ring (bicyclic) bond motifs is 1. The van der Waals surface area contributed by atoms with E-state index < -0.39 is 23.5 Å². The molecule has 0 spiro atoms. The highest BCUT2D eigenvalue weighted by Gasteiger charge is 2.43. The molecule has 1 aliphatic carbocycles. The van der Waals surface area contributed by atoms with Gasteiger partial charge >= 0.3 is 12.0 Å². The number of hydrogen-bond donors (Lipinski definition) is 2. The highest BCUT2D eigenvalue weighted by molar-refractivity contribution is 5.74. The lowest BCUT2D eigenvalue weighted by Crippen LogP contribution is -2.58. The maximum atomic E-state index is 13.4. The number of carboxylic acids is 1. The Hall–Kier alpha value is -3.63. The molecule has 1 fully saturated rings. The van der Waals surface area contributed by atoms with Gasteiger partial charge in [-0.2, -0.15) is 0 Å². The molecule has 160 valence electrons. The molecule has 3 aromatic rings. The van der Waals surface area contributed by atoms with E-state index in [-0.39, 0.29) is 24.0 Å². The van der Waals surface area contributed by atoms with Gasteiger partial charge in [-0.05, 0) is 43.0 Å². The van der Waals surface area contributed by atoms with Crippen LogP contribution in [0.2, 0.25) is 0 Å². The van der Waals surface area contributed by atoms with E-state index in [4.69, 9.17) is 9.52 Å². The smallest absolute Gasteiger partial charge is 0.318 e. The van der Waals surface area contributed by atoms with E-state index in [1.165, 1.54) is 24.5 Å². The number of aliphatic carboxylic acids is 1. The largest absolute Gasteiger partial charge is 0.481 e. The zero-order valence-corrected chi connectivity index (χ0v) is 16.4. The SMILES string of the molecule is CC1C(C(=O)O)CN1c1nnc(-c2cnc(NC3Cc4cc(F)c(F)cc4C3)nc2)o1. The fourth-order valence-corrected chi connectivity index (χ4v) is 4.00. The molecule has 2 N–H and O–H groups in total. The van der Waals surface area contributed by atoms with Gasteiger partial charge in [0.1, 0.15) is 0 Å². The van der Waals surface area contributed by atoms with E-state index in [9.17, 15) is 13.6 Å². The van der Waals surface area contributed by atoms with Crippen molar-refractivity contribution < 1.29 is 23.1 Å². The van der Waals surface area contributed by atoms with Crippen LogP contribution in [0.25, 0.3) is 11.5 Å². The monoisotopic (exact) mass is 428 g/mol. The van der Waals surface area contributed by atoms with Gasteiger partial charge < -0.3 is 19.7 Å². The van der Waals surface area contributed by atoms with Crippen molar-refractivity contribution in [2.24, 2.45) is 5.92 Å². The minimum atomic E-state index is -0.847. The summed E-state index contributed by atoms with van der Waals surface area (Å²) in [4.78, 5) is 21.4. The third-order valence-electron chi connectivity index (χ3n) is 5.85. The number of benzene rings is 1. The molecule has 0 saturated carbocycles. The van der Waals surface area contributed by atoms with Gasteiger partial charge in [0.25, 0.3) is 5.89 Å². The molecule has 0 bridgehead atoms. The van der Waals surface area contributed by atoms with Crippen LogP contribution in [0.3, 0.4) is 0 Å². The first-order valence-electron chi connectivity index (χ1n) is 9.77. The summed E-state index contributed by atoms with van der Waals surface area (Å²) in [5.41, 5.74) is 2.07. The van der Waals surface area contributed by atoms with Crippen molar-refractivity contribution in [1.82, 2.24) is 20.2 Å². The molecule has 2 atom stereocenters. The minimum Gasteiger partial charge on any atom is -0.481 e. The molecule has 11 heteroatoms. The second kappa shape index (κ2) is 7.25. The Labute approximate surface area is 175 Å². The average molecular weight is 428 g/mol. The lowest BCUT2D eigenvalue weighted by Gasteiger charge is -2.42. The molecular weight excluding hydrogens is 410 g/mol. The normalized spacial score (nSPS) is 20.4. The van der Waals surface area contributed by atoms with Crippen LogP contribution in [0, 0.1) is 17.6 Å². The first-order valence-corrected chi connectivity index (χ1v) is 9.77. The fraction of sp³-hybridized carbons (Fsp3) is 0.350. The van der Waals surface area contributed by atoms with Crippen molar-refractivity contribution in [3.63, 3.8) is 0 Å². The Morgan fingerprint density at radius 3 is 2.39 bits per heavy atom. The maximum Gasteiger partial charge on any atom is 0.318 e. The van der Waals surface area contributed by atoms with Crippen molar-refractivity contribution in [2.75, 3.05) is 16.8 Å². The summed E-state index contributed by atoms with van der Waals surface area (Å²) in [5, 5.41) is 20.3. The third-order valence-corrected chi connectivity index (χ3v) is 5.85. The summed E-state index contributed by atoms with van der Waals surface area (Å²) in [5.74, 6) is -2.39. The number of halogens is 2. The van der Waals surface area contributed by atoms with Gasteiger partial charge in [-0.3, -0.25) is 4.79 Å². The molecule has 2 aliphatic rings. The Bertz CT molecular complexity index is 1120. The molecule has 5 rings (SSSR count). The Balaban J connectivity index is 1.23. The number of carboxylic acid groups (broad SMARTS) is 1. The van der Waals surface area contributed by atoms with E-state index in [1.807, 2.05) is 0 Å². The summed E-state index contributed by atoms with van der Waals surface area (Å²) in [6, 6.07) is 2.44. The van der Waals surface area contributed by atoms with E-state index in [2.05, 4.69) is 25.5 Å². The van der Waals surface area contributed by atoms with E-state index >= 15 is 0 Å². The lowest BCUT2D eigenvalue weighted by atomic mass is 9.91. The number of nitrogens with one attached hydrogen (secondary N) is 1. The quantitative estimate of drug-likeness (QED) is 0.631. The molecule has 2 aromatic heterocycles. The van der Waals surface area contributed by atoms with Crippen molar-refractivity contribution in [3.8, 4) is 11.5 Å². The molecule has 1 saturated heterocycles. The Morgan fingerprint density at radius 1 is 1.16 bits per heavy atom. The van der Waals surface area contributed by atoms with Crippen LogP contribution >= 0.6 is 0 Å². The van der Waals surface area contributed by atoms with Crippen LogP contribution in [0.5, 0.6) is 0 Å². The van der Waals surface area contributed by atoms with Crippen molar-refractivity contribution in [3.05, 3.63) is 47.3 Å². The van der Waals surface area contributed by atoms with Gasteiger partial charge in [-0.25, -0.2) is 18.7 Å². The highest BCUT2D eigenvalue weighted by atomic mass is 19.2. The summed E-state index contributed by atoms with van der Waals surface area (Å²) < 4.78 is 32.5. The maximum absolute atomic E-state index is 13.4. The zero-order valence-electron chi connectivity index (χ0n) is 16.4. The van der Waals surface area contributed by atoms with Crippen molar-refractivity contribution >= 4 is 17.9 Å².